The highest BCUT2D eigenvalue weighted by molar-refractivity contribution is 14.1. The molecule has 0 atom stereocenters. The first kappa shape index (κ1) is 6.92. The average molecular weight is 237 g/mol. The Morgan fingerprint density at radius 1 is 1.67 bits per heavy atom. The van der Waals surface area contributed by atoms with Crippen LogP contribution in [0.25, 0.3) is 0 Å². The Kier molecular flexibility index (Phi) is 2.00. The van der Waals surface area contributed by atoms with Gasteiger partial charge in [-0.3, -0.25) is 0 Å². The Morgan fingerprint density at radius 2 is 2.33 bits per heavy atom. The molecule has 0 N–H and O–H groups in total. The molecule has 1 aromatic heterocycles. The van der Waals surface area contributed by atoms with Crippen molar-refractivity contribution in [2.24, 2.45) is 0 Å². The van der Waals surface area contributed by atoms with Crippen molar-refractivity contribution in [3.05, 3.63) is 27.3 Å². The Bertz CT molecular complexity index is 204. The molecule has 0 amide bonds. The molecular formula is C6H5FIN. The second-order valence-electron chi connectivity index (χ2n) is 1.73. The van der Waals surface area contributed by atoms with Crippen LogP contribution in [0.4, 0.5) is 4.39 Å². The highest BCUT2D eigenvalue weighted by Crippen LogP contribution is 2.11. The fourth-order valence-corrected chi connectivity index (χ4v) is 0.826. The van der Waals surface area contributed by atoms with Crippen molar-refractivity contribution < 1.29 is 4.39 Å². The number of halogens is 2. The topological polar surface area (TPSA) is 12.9 Å². The van der Waals surface area contributed by atoms with E-state index >= 15 is 0 Å². The molecule has 0 aliphatic heterocycles. The van der Waals surface area contributed by atoms with E-state index in [1.165, 1.54) is 6.20 Å². The summed E-state index contributed by atoms with van der Waals surface area (Å²) in [5.41, 5.74) is 0.933. The van der Waals surface area contributed by atoms with Gasteiger partial charge in [-0.2, -0.15) is 4.39 Å². The zero-order valence-electron chi connectivity index (χ0n) is 4.86. The average Bonchev–Trinajstić information content (AvgIpc) is 1.83. The van der Waals surface area contributed by atoms with Crippen molar-refractivity contribution in [2.45, 2.75) is 6.92 Å². The summed E-state index contributed by atoms with van der Waals surface area (Å²) in [6.45, 7) is 1.85. The van der Waals surface area contributed by atoms with Gasteiger partial charge in [-0.05, 0) is 41.1 Å². The van der Waals surface area contributed by atoms with Crippen molar-refractivity contribution in [1.82, 2.24) is 4.98 Å². The molecule has 1 heterocycles. The van der Waals surface area contributed by atoms with Crippen LogP contribution in [0.5, 0.6) is 0 Å². The van der Waals surface area contributed by atoms with Gasteiger partial charge in [-0.15, -0.1) is 0 Å². The Balaban J connectivity index is 3.25. The maximum atomic E-state index is 12.5. The predicted octanol–water partition coefficient (Wildman–Crippen LogP) is 2.13. The summed E-state index contributed by atoms with van der Waals surface area (Å²) in [5, 5.41) is 0. The largest absolute Gasteiger partial charge is 0.227 e. The number of hydrogen-bond donors (Lipinski definition) is 0. The number of pyridine rings is 1. The molecule has 1 nitrogen and oxygen atoms in total. The summed E-state index contributed by atoms with van der Waals surface area (Å²) in [7, 11) is 0. The molecule has 0 unspecified atom stereocenters. The summed E-state index contributed by atoms with van der Waals surface area (Å²) < 4.78 is 13.1. The zero-order chi connectivity index (χ0) is 6.85. The summed E-state index contributed by atoms with van der Waals surface area (Å²) in [5.74, 6) is -0.379. The number of aryl methyl sites for hydroxylation is 1. The van der Waals surface area contributed by atoms with E-state index in [0.29, 0.717) is 3.57 Å². The lowest BCUT2D eigenvalue weighted by Crippen LogP contribution is -1.88. The maximum absolute atomic E-state index is 12.5. The molecule has 0 fully saturated rings. The van der Waals surface area contributed by atoms with Gasteiger partial charge in [0, 0.05) is 6.20 Å². The first-order valence-corrected chi connectivity index (χ1v) is 3.56. The molecule has 3 heteroatoms. The predicted molar refractivity (Wildman–Crippen MR) is 41.6 cm³/mol. The SMILES string of the molecule is Cc1ccnc(F)c1I. The van der Waals surface area contributed by atoms with Crippen LogP contribution in [0.15, 0.2) is 12.3 Å². The number of aromatic nitrogens is 1. The third-order valence-electron chi connectivity index (χ3n) is 1.04. The first-order chi connectivity index (χ1) is 4.22. The lowest BCUT2D eigenvalue weighted by atomic mass is 10.3. The van der Waals surface area contributed by atoms with E-state index in [2.05, 4.69) is 4.98 Å². The Hall–Kier alpha value is -0.190. The molecule has 0 saturated carbocycles. The van der Waals surface area contributed by atoms with E-state index in [1.54, 1.807) is 6.07 Å². The summed E-state index contributed by atoms with van der Waals surface area (Å²) in [6, 6.07) is 1.78. The second kappa shape index (κ2) is 2.60. The standard InChI is InChI=1S/C6H5FIN/c1-4-2-3-9-6(7)5(4)8/h2-3H,1H3. The molecule has 0 saturated heterocycles. The normalized spacial score (nSPS) is 9.67. The number of hydrogen-bond acceptors (Lipinski definition) is 1. The van der Waals surface area contributed by atoms with E-state index in [4.69, 9.17) is 0 Å². The maximum Gasteiger partial charge on any atom is 0.226 e. The van der Waals surface area contributed by atoms with Gasteiger partial charge >= 0.3 is 0 Å². The van der Waals surface area contributed by atoms with Gasteiger partial charge in [0.2, 0.25) is 5.95 Å². The smallest absolute Gasteiger partial charge is 0.226 e. The van der Waals surface area contributed by atoms with Crippen LogP contribution in [-0.2, 0) is 0 Å². The van der Waals surface area contributed by atoms with E-state index in [-0.39, 0.29) is 5.95 Å². The molecule has 48 valence electrons. The van der Waals surface area contributed by atoms with Crippen molar-refractivity contribution in [3.63, 3.8) is 0 Å². The molecule has 0 aliphatic carbocycles. The monoisotopic (exact) mass is 237 g/mol. The Labute approximate surface area is 66.4 Å². The van der Waals surface area contributed by atoms with E-state index in [1.807, 2.05) is 29.5 Å². The summed E-state index contributed by atoms with van der Waals surface area (Å²) in [6.07, 6.45) is 1.47. The van der Waals surface area contributed by atoms with Crippen molar-refractivity contribution in [2.75, 3.05) is 0 Å². The molecule has 1 aromatic rings. The lowest BCUT2D eigenvalue weighted by Gasteiger charge is -1.94. The highest BCUT2D eigenvalue weighted by Gasteiger charge is 1.99. The van der Waals surface area contributed by atoms with Crippen LogP contribution in [-0.4, -0.2) is 4.98 Å². The van der Waals surface area contributed by atoms with Crippen molar-refractivity contribution in [1.29, 1.82) is 0 Å². The van der Waals surface area contributed by atoms with Crippen LogP contribution in [0.2, 0.25) is 0 Å². The molecule has 0 bridgehead atoms. The molecule has 9 heavy (non-hydrogen) atoms. The minimum atomic E-state index is -0.379. The van der Waals surface area contributed by atoms with Crippen molar-refractivity contribution >= 4 is 22.6 Å². The quantitative estimate of drug-likeness (QED) is 0.497. The molecule has 0 aromatic carbocycles. The molecule has 0 radical (unpaired) electrons. The van der Waals surface area contributed by atoms with Crippen LogP contribution in [0, 0.1) is 16.4 Å². The summed E-state index contributed by atoms with van der Waals surface area (Å²) in [4.78, 5) is 3.47. The van der Waals surface area contributed by atoms with Crippen LogP contribution in [0.3, 0.4) is 0 Å². The Morgan fingerprint density at radius 3 is 2.78 bits per heavy atom. The van der Waals surface area contributed by atoms with Gasteiger partial charge < -0.3 is 0 Å². The van der Waals surface area contributed by atoms with Crippen LogP contribution in [0.1, 0.15) is 5.56 Å². The molecule has 0 spiro atoms. The van der Waals surface area contributed by atoms with Gasteiger partial charge in [0.25, 0.3) is 0 Å². The van der Waals surface area contributed by atoms with Gasteiger partial charge in [0.1, 0.15) is 0 Å². The fraction of sp³-hybridized carbons (Fsp3) is 0.167. The van der Waals surface area contributed by atoms with Gasteiger partial charge in [-0.1, -0.05) is 0 Å². The molecule has 0 aliphatic rings. The molecular weight excluding hydrogens is 232 g/mol. The minimum Gasteiger partial charge on any atom is -0.227 e. The summed E-state index contributed by atoms with van der Waals surface area (Å²) >= 11 is 1.93. The number of nitrogens with zero attached hydrogens (tertiary/aromatic N) is 1. The van der Waals surface area contributed by atoms with Gasteiger partial charge in [0.05, 0.1) is 3.57 Å². The van der Waals surface area contributed by atoms with E-state index < -0.39 is 0 Å². The fourth-order valence-electron chi connectivity index (χ4n) is 0.507. The third kappa shape index (κ3) is 1.38. The van der Waals surface area contributed by atoms with Crippen LogP contribution < -0.4 is 0 Å². The van der Waals surface area contributed by atoms with Gasteiger partial charge in [-0.25, -0.2) is 4.98 Å². The highest BCUT2D eigenvalue weighted by atomic mass is 127. The van der Waals surface area contributed by atoms with E-state index in [0.717, 1.165) is 5.56 Å². The van der Waals surface area contributed by atoms with Crippen molar-refractivity contribution in [3.8, 4) is 0 Å². The van der Waals surface area contributed by atoms with Gasteiger partial charge in [0.15, 0.2) is 0 Å². The van der Waals surface area contributed by atoms with Crippen LogP contribution >= 0.6 is 22.6 Å². The first-order valence-electron chi connectivity index (χ1n) is 2.48. The minimum absolute atomic E-state index is 0.379. The van der Waals surface area contributed by atoms with E-state index in [9.17, 15) is 4.39 Å². The number of rotatable bonds is 0. The second-order valence-corrected chi connectivity index (χ2v) is 2.81. The lowest BCUT2D eigenvalue weighted by molar-refractivity contribution is 0.574. The third-order valence-corrected chi connectivity index (χ3v) is 2.34. The molecule has 1 rings (SSSR count). The zero-order valence-corrected chi connectivity index (χ0v) is 7.02.